The molecule has 5 heteroatoms. The van der Waals surface area contributed by atoms with Crippen LogP contribution in [0.15, 0.2) is 48.9 Å². The third-order valence-electron chi connectivity index (χ3n) is 3.43. The summed E-state index contributed by atoms with van der Waals surface area (Å²) in [5.74, 6) is 0.906. The normalized spacial score (nSPS) is 11.8. The van der Waals surface area contributed by atoms with Gasteiger partial charge in [0.25, 0.3) is 0 Å². The molecule has 0 unspecified atom stereocenters. The first-order valence-corrected chi connectivity index (χ1v) is 8.10. The zero-order valence-corrected chi connectivity index (χ0v) is 13.5. The van der Waals surface area contributed by atoms with Gasteiger partial charge in [0, 0.05) is 30.7 Å². The molecule has 114 valence electrons. The minimum atomic E-state index is -0.676. The molecule has 1 N–H and O–H groups in total. The molecule has 1 aromatic carbocycles. The summed E-state index contributed by atoms with van der Waals surface area (Å²) in [6, 6.07) is 10.1. The third-order valence-corrected chi connectivity index (χ3v) is 4.47. The lowest BCUT2D eigenvalue weighted by Gasteiger charge is -2.17. The van der Waals surface area contributed by atoms with Gasteiger partial charge in [-0.25, -0.2) is 9.97 Å². The van der Waals surface area contributed by atoms with Gasteiger partial charge in [0.05, 0.1) is 10.5 Å². The first kappa shape index (κ1) is 14.9. The first-order valence-electron chi connectivity index (χ1n) is 7.28. The number of benzene rings is 1. The number of hydrogen-bond donors (Lipinski definition) is 1. The van der Waals surface area contributed by atoms with E-state index in [9.17, 15) is 5.11 Å². The van der Waals surface area contributed by atoms with Crippen LogP contribution in [0.1, 0.15) is 20.3 Å². The smallest absolute Gasteiger partial charge is 0.151 e. The van der Waals surface area contributed by atoms with Crippen LogP contribution in [0.3, 0.4) is 0 Å². The fourth-order valence-corrected chi connectivity index (χ4v) is 3.13. The van der Waals surface area contributed by atoms with Crippen molar-refractivity contribution in [2.45, 2.75) is 32.4 Å². The van der Waals surface area contributed by atoms with Crippen LogP contribution >= 0.6 is 11.3 Å². The van der Waals surface area contributed by atoms with Gasteiger partial charge in [0.15, 0.2) is 5.82 Å². The maximum absolute atomic E-state index is 9.89. The molecule has 3 aromatic rings. The van der Waals surface area contributed by atoms with Gasteiger partial charge in [-0.3, -0.25) is 0 Å². The summed E-state index contributed by atoms with van der Waals surface area (Å²) in [5, 5.41) is 10.9. The molecule has 0 saturated heterocycles. The molecular weight excluding hydrogens is 294 g/mol. The molecule has 2 aromatic heterocycles. The Kier molecular flexibility index (Phi) is 4.09. The van der Waals surface area contributed by atoms with Gasteiger partial charge in [-0.2, -0.15) is 0 Å². The molecular formula is C17H19N3OS. The maximum atomic E-state index is 9.89. The van der Waals surface area contributed by atoms with E-state index in [0.717, 1.165) is 27.8 Å². The second kappa shape index (κ2) is 6.02. The molecule has 0 spiro atoms. The van der Waals surface area contributed by atoms with Gasteiger partial charge in [0.1, 0.15) is 5.01 Å². The SMILES string of the molecule is CC(C)(O)CCn1ccnc1-c1cnc(-c2ccccc2)s1. The Hall–Kier alpha value is -1.98. The van der Waals surface area contributed by atoms with E-state index >= 15 is 0 Å². The van der Waals surface area contributed by atoms with E-state index in [-0.39, 0.29) is 0 Å². The highest BCUT2D eigenvalue weighted by molar-refractivity contribution is 7.18. The van der Waals surface area contributed by atoms with Crippen LogP contribution in [0, 0.1) is 0 Å². The average Bonchev–Trinajstić information content (AvgIpc) is 3.14. The largest absolute Gasteiger partial charge is 0.390 e. The molecule has 0 amide bonds. The average molecular weight is 313 g/mol. The van der Waals surface area contributed by atoms with Crippen molar-refractivity contribution in [1.29, 1.82) is 0 Å². The van der Waals surface area contributed by atoms with Crippen molar-refractivity contribution in [2.24, 2.45) is 0 Å². The summed E-state index contributed by atoms with van der Waals surface area (Å²) in [4.78, 5) is 10.00. The number of aromatic nitrogens is 3. The van der Waals surface area contributed by atoms with E-state index in [0.29, 0.717) is 6.42 Å². The molecule has 0 saturated carbocycles. The standard InChI is InChI=1S/C17H19N3OS/c1-17(2,21)8-10-20-11-9-18-15(20)14-12-19-16(22-14)13-6-4-3-5-7-13/h3-7,9,11-12,21H,8,10H2,1-2H3. The van der Waals surface area contributed by atoms with Gasteiger partial charge in [-0.1, -0.05) is 30.3 Å². The fourth-order valence-electron chi connectivity index (χ4n) is 2.20. The maximum Gasteiger partial charge on any atom is 0.151 e. The molecule has 22 heavy (non-hydrogen) atoms. The topological polar surface area (TPSA) is 50.9 Å². The summed E-state index contributed by atoms with van der Waals surface area (Å²) < 4.78 is 2.07. The predicted octanol–water partition coefficient (Wildman–Crippen LogP) is 3.83. The molecule has 3 rings (SSSR count). The Balaban J connectivity index is 1.84. The Bertz CT molecular complexity index is 741. The highest BCUT2D eigenvalue weighted by Crippen LogP contribution is 2.31. The van der Waals surface area contributed by atoms with Crippen LogP contribution in [-0.2, 0) is 6.54 Å². The third kappa shape index (κ3) is 3.43. The second-order valence-electron chi connectivity index (χ2n) is 5.90. The molecule has 0 bridgehead atoms. The monoisotopic (exact) mass is 313 g/mol. The number of hydrogen-bond acceptors (Lipinski definition) is 4. The van der Waals surface area contributed by atoms with Crippen LogP contribution in [0.25, 0.3) is 21.3 Å². The number of aryl methyl sites for hydroxylation is 1. The van der Waals surface area contributed by atoms with Gasteiger partial charge in [0.2, 0.25) is 0 Å². The fraction of sp³-hybridized carbons (Fsp3) is 0.294. The van der Waals surface area contributed by atoms with Crippen LogP contribution in [0.2, 0.25) is 0 Å². The van der Waals surface area contributed by atoms with Crippen molar-refractivity contribution in [3.63, 3.8) is 0 Å². The Labute approximate surface area is 134 Å². The van der Waals surface area contributed by atoms with E-state index in [1.807, 2.05) is 44.4 Å². The summed E-state index contributed by atoms with van der Waals surface area (Å²) in [6.07, 6.45) is 6.29. The van der Waals surface area contributed by atoms with Gasteiger partial charge >= 0.3 is 0 Å². The predicted molar refractivity (Wildman–Crippen MR) is 89.7 cm³/mol. The van der Waals surface area contributed by atoms with Crippen molar-refractivity contribution in [3.05, 3.63) is 48.9 Å². The van der Waals surface area contributed by atoms with Crippen LogP contribution < -0.4 is 0 Å². The van der Waals surface area contributed by atoms with E-state index in [4.69, 9.17) is 0 Å². The van der Waals surface area contributed by atoms with Crippen molar-refractivity contribution in [1.82, 2.24) is 14.5 Å². The molecule has 0 fully saturated rings. The molecule has 0 aliphatic heterocycles. The van der Waals surface area contributed by atoms with Crippen LogP contribution in [0.5, 0.6) is 0 Å². The minimum Gasteiger partial charge on any atom is -0.390 e. The highest BCUT2D eigenvalue weighted by atomic mass is 32.1. The quantitative estimate of drug-likeness (QED) is 0.778. The van der Waals surface area contributed by atoms with Crippen molar-refractivity contribution in [3.8, 4) is 21.3 Å². The highest BCUT2D eigenvalue weighted by Gasteiger charge is 2.15. The van der Waals surface area contributed by atoms with Crippen molar-refractivity contribution < 1.29 is 5.11 Å². The molecule has 0 radical (unpaired) electrons. The molecule has 2 heterocycles. The number of thiazole rings is 1. The number of nitrogens with zero attached hydrogens (tertiary/aromatic N) is 3. The summed E-state index contributed by atoms with van der Waals surface area (Å²) >= 11 is 1.63. The van der Waals surface area contributed by atoms with Gasteiger partial charge in [-0.15, -0.1) is 11.3 Å². The summed E-state index contributed by atoms with van der Waals surface area (Å²) in [7, 11) is 0. The van der Waals surface area contributed by atoms with Gasteiger partial charge < -0.3 is 9.67 Å². The van der Waals surface area contributed by atoms with Crippen LogP contribution in [0.4, 0.5) is 0 Å². The van der Waals surface area contributed by atoms with E-state index in [1.54, 1.807) is 17.5 Å². The zero-order chi connectivity index (χ0) is 15.6. The van der Waals surface area contributed by atoms with E-state index < -0.39 is 5.60 Å². The van der Waals surface area contributed by atoms with Crippen molar-refractivity contribution in [2.75, 3.05) is 0 Å². The minimum absolute atomic E-state index is 0.676. The Morgan fingerprint density at radius 3 is 2.68 bits per heavy atom. The summed E-state index contributed by atoms with van der Waals surface area (Å²) in [5.41, 5.74) is 0.443. The second-order valence-corrected chi connectivity index (χ2v) is 6.93. The number of imidazole rings is 1. The Morgan fingerprint density at radius 2 is 1.95 bits per heavy atom. The number of rotatable bonds is 5. The van der Waals surface area contributed by atoms with Gasteiger partial charge in [-0.05, 0) is 20.3 Å². The molecule has 4 nitrogen and oxygen atoms in total. The molecule has 0 aliphatic carbocycles. The molecule has 0 aliphatic rings. The molecule has 0 atom stereocenters. The zero-order valence-electron chi connectivity index (χ0n) is 12.7. The van der Waals surface area contributed by atoms with E-state index in [1.165, 1.54) is 0 Å². The lowest BCUT2D eigenvalue weighted by Crippen LogP contribution is -2.21. The summed E-state index contributed by atoms with van der Waals surface area (Å²) in [6.45, 7) is 4.38. The van der Waals surface area contributed by atoms with E-state index in [2.05, 4.69) is 26.7 Å². The first-order chi connectivity index (χ1) is 10.5. The lowest BCUT2D eigenvalue weighted by atomic mass is 10.1. The Morgan fingerprint density at radius 1 is 1.18 bits per heavy atom. The van der Waals surface area contributed by atoms with Crippen molar-refractivity contribution >= 4 is 11.3 Å². The lowest BCUT2D eigenvalue weighted by molar-refractivity contribution is 0.0663. The number of aliphatic hydroxyl groups is 1. The van der Waals surface area contributed by atoms with Crippen LogP contribution in [-0.4, -0.2) is 25.2 Å².